The molecule has 2 N–H and O–H groups in total. The van der Waals surface area contributed by atoms with Crippen molar-refractivity contribution in [2.45, 2.75) is 6.04 Å². The van der Waals surface area contributed by atoms with E-state index in [1.165, 1.54) is 0 Å². The molecule has 2 aromatic rings. The van der Waals surface area contributed by atoms with Crippen molar-refractivity contribution in [3.05, 3.63) is 65.2 Å². The smallest absolute Gasteiger partial charge is 0.318 e. The first kappa shape index (κ1) is 13.9. The molecule has 1 atom stereocenters. The van der Waals surface area contributed by atoms with Gasteiger partial charge in [0.1, 0.15) is 6.04 Å². The predicted octanol–water partition coefficient (Wildman–Crippen LogP) is 3.73. The van der Waals surface area contributed by atoms with E-state index in [9.17, 15) is 4.79 Å². The van der Waals surface area contributed by atoms with Crippen molar-refractivity contribution in [3.63, 3.8) is 0 Å². The van der Waals surface area contributed by atoms with Crippen LogP contribution in [0.5, 0.6) is 0 Å². The maximum absolute atomic E-state index is 11.8. The molecular formula is C15H12ClN3O. The minimum absolute atomic E-state index is 0.442. The Morgan fingerprint density at radius 3 is 2.35 bits per heavy atom. The average Bonchev–Trinajstić information content (AvgIpc) is 2.48. The van der Waals surface area contributed by atoms with E-state index in [2.05, 4.69) is 16.7 Å². The molecule has 4 nitrogen and oxygen atoms in total. The first-order chi connectivity index (χ1) is 9.69. The van der Waals surface area contributed by atoms with Gasteiger partial charge in [0.25, 0.3) is 0 Å². The molecule has 0 heterocycles. The molecule has 0 spiro atoms. The number of rotatable bonds is 3. The Bertz CT molecular complexity index is 620. The summed E-state index contributed by atoms with van der Waals surface area (Å²) in [6, 6.07) is 16.7. The van der Waals surface area contributed by atoms with Crippen molar-refractivity contribution in [1.29, 1.82) is 5.26 Å². The van der Waals surface area contributed by atoms with Crippen LogP contribution in [0.1, 0.15) is 11.6 Å². The van der Waals surface area contributed by atoms with Crippen LogP contribution in [0, 0.1) is 11.3 Å². The first-order valence-corrected chi connectivity index (χ1v) is 6.34. The molecule has 0 saturated carbocycles. The zero-order valence-electron chi connectivity index (χ0n) is 10.5. The van der Waals surface area contributed by atoms with Gasteiger partial charge in [0.15, 0.2) is 0 Å². The lowest BCUT2D eigenvalue weighted by molar-refractivity contribution is 0.250. The molecule has 100 valence electrons. The van der Waals surface area contributed by atoms with Crippen LogP contribution < -0.4 is 10.6 Å². The van der Waals surface area contributed by atoms with Gasteiger partial charge < -0.3 is 10.6 Å². The first-order valence-electron chi connectivity index (χ1n) is 5.96. The molecule has 2 amide bonds. The summed E-state index contributed by atoms with van der Waals surface area (Å²) in [5.41, 5.74) is 1.35. The summed E-state index contributed by atoms with van der Waals surface area (Å²) in [5.74, 6) is 0. The van der Waals surface area contributed by atoms with Gasteiger partial charge in [-0.3, -0.25) is 0 Å². The van der Waals surface area contributed by atoms with Gasteiger partial charge in [-0.1, -0.05) is 41.9 Å². The standard InChI is InChI=1S/C15H12ClN3O/c16-12-6-8-13(9-7-12)18-15(20)19-14(10-17)11-4-2-1-3-5-11/h1-9,14H,(H2,18,19,20). The lowest BCUT2D eigenvalue weighted by atomic mass is 10.1. The third-order valence-corrected chi connectivity index (χ3v) is 2.89. The highest BCUT2D eigenvalue weighted by Crippen LogP contribution is 2.14. The Morgan fingerprint density at radius 1 is 1.10 bits per heavy atom. The van der Waals surface area contributed by atoms with Gasteiger partial charge in [-0.05, 0) is 29.8 Å². The van der Waals surface area contributed by atoms with Gasteiger partial charge in [0, 0.05) is 10.7 Å². The SMILES string of the molecule is N#CC(NC(=O)Nc1ccc(Cl)cc1)c1ccccc1. The summed E-state index contributed by atoms with van der Waals surface area (Å²) in [6.07, 6.45) is 0. The Labute approximate surface area is 122 Å². The fraction of sp³-hybridized carbons (Fsp3) is 0.0667. The third-order valence-electron chi connectivity index (χ3n) is 2.64. The number of carbonyl (C=O) groups is 1. The Kier molecular flexibility index (Phi) is 4.59. The number of nitrogens with one attached hydrogen (secondary N) is 2. The van der Waals surface area contributed by atoms with E-state index >= 15 is 0 Å². The van der Waals surface area contributed by atoms with Gasteiger partial charge in [0.2, 0.25) is 0 Å². The second-order valence-electron chi connectivity index (χ2n) is 4.08. The van der Waals surface area contributed by atoms with Crippen molar-refractivity contribution < 1.29 is 4.79 Å². The van der Waals surface area contributed by atoms with Crippen molar-refractivity contribution in [1.82, 2.24) is 5.32 Å². The molecule has 2 aromatic carbocycles. The van der Waals surface area contributed by atoms with Crippen LogP contribution in [0.2, 0.25) is 5.02 Å². The zero-order chi connectivity index (χ0) is 14.4. The fourth-order valence-corrected chi connectivity index (χ4v) is 1.79. The molecular weight excluding hydrogens is 274 g/mol. The van der Waals surface area contributed by atoms with E-state index in [4.69, 9.17) is 16.9 Å². The van der Waals surface area contributed by atoms with Gasteiger partial charge in [-0.2, -0.15) is 5.26 Å². The van der Waals surface area contributed by atoms with Gasteiger partial charge >= 0.3 is 6.03 Å². The molecule has 5 heteroatoms. The molecule has 0 bridgehead atoms. The second kappa shape index (κ2) is 6.60. The number of halogens is 1. The highest BCUT2D eigenvalue weighted by Gasteiger charge is 2.13. The highest BCUT2D eigenvalue weighted by molar-refractivity contribution is 6.30. The summed E-state index contributed by atoms with van der Waals surface area (Å²) in [4.78, 5) is 11.8. The van der Waals surface area contributed by atoms with E-state index in [-0.39, 0.29) is 0 Å². The van der Waals surface area contributed by atoms with Crippen LogP contribution in [0.4, 0.5) is 10.5 Å². The molecule has 0 fully saturated rings. The summed E-state index contributed by atoms with van der Waals surface area (Å²) < 4.78 is 0. The second-order valence-corrected chi connectivity index (χ2v) is 4.51. The maximum atomic E-state index is 11.8. The van der Waals surface area contributed by atoms with Crippen LogP contribution in [0.3, 0.4) is 0 Å². The van der Waals surface area contributed by atoms with E-state index in [0.717, 1.165) is 5.56 Å². The average molecular weight is 286 g/mol. The predicted molar refractivity (Wildman–Crippen MR) is 78.4 cm³/mol. The molecule has 0 saturated heterocycles. The summed E-state index contributed by atoms with van der Waals surface area (Å²) in [7, 11) is 0. The fourth-order valence-electron chi connectivity index (χ4n) is 1.67. The maximum Gasteiger partial charge on any atom is 0.320 e. The minimum Gasteiger partial charge on any atom is -0.318 e. The summed E-state index contributed by atoms with van der Waals surface area (Å²) in [5, 5.41) is 15.0. The van der Waals surface area contributed by atoms with Crippen molar-refractivity contribution in [2.24, 2.45) is 0 Å². The highest BCUT2D eigenvalue weighted by atomic mass is 35.5. The van der Waals surface area contributed by atoms with E-state index in [1.807, 2.05) is 18.2 Å². The minimum atomic E-state index is -0.691. The van der Waals surface area contributed by atoms with E-state index < -0.39 is 12.1 Å². The molecule has 0 aliphatic rings. The van der Waals surface area contributed by atoms with Gasteiger partial charge in [0.05, 0.1) is 6.07 Å². The molecule has 0 aliphatic carbocycles. The summed E-state index contributed by atoms with van der Waals surface area (Å²) in [6.45, 7) is 0. The molecule has 0 radical (unpaired) electrons. The molecule has 0 aromatic heterocycles. The number of hydrogen-bond acceptors (Lipinski definition) is 2. The quantitative estimate of drug-likeness (QED) is 0.902. The van der Waals surface area contributed by atoms with Crippen molar-refractivity contribution >= 4 is 23.3 Å². The molecule has 0 aliphatic heterocycles. The monoisotopic (exact) mass is 285 g/mol. The van der Waals surface area contributed by atoms with Gasteiger partial charge in [-0.25, -0.2) is 4.79 Å². The number of carbonyl (C=O) groups excluding carboxylic acids is 1. The topological polar surface area (TPSA) is 64.9 Å². The lowest BCUT2D eigenvalue weighted by Crippen LogP contribution is -2.31. The molecule has 2 rings (SSSR count). The van der Waals surface area contributed by atoms with Crippen molar-refractivity contribution in [3.8, 4) is 6.07 Å². The van der Waals surface area contributed by atoms with Crippen LogP contribution in [0.25, 0.3) is 0 Å². The Hall–Kier alpha value is -2.51. The van der Waals surface area contributed by atoms with Crippen LogP contribution in [0.15, 0.2) is 54.6 Å². The van der Waals surface area contributed by atoms with Crippen LogP contribution in [-0.2, 0) is 0 Å². The number of hydrogen-bond donors (Lipinski definition) is 2. The van der Waals surface area contributed by atoms with E-state index in [0.29, 0.717) is 10.7 Å². The van der Waals surface area contributed by atoms with Crippen LogP contribution >= 0.6 is 11.6 Å². The number of anilines is 1. The molecule has 20 heavy (non-hydrogen) atoms. The molecule has 1 unspecified atom stereocenters. The van der Waals surface area contributed by atoms with Gasteiger partial charge in [-0.15, -0.1) is 0 Å². The largest absolute Gasteiger partial charge is 0.320 e. The Morgan fingerprint density at radius 2 is 1.75 bits per heavy atom. The zero-order valence-corrected chi connectivity index (χ0v) is 11.3. The lowest BCUT2D eigenvalue weighted by Gasteiger charge is -2.12. The Balaban J connectivity index is 2.00. The van der Waals surface area contributed by atoms with E-state index in [1.54, 1.807) is 36.4 Å². The van der Waals surface area contributed by atoms with Crippen molar-refractivity contribution in [2.75, 3.05) is 5.32 Å². The third kappa shape index (κ3) is 3.74. The summed E-state index contributed by atoms with van der Waals surface area (Å²) >= 11 is 5.76. The van der Waals surface area contributed by atoms with Crippen LogP contribution in [-0.4, -0.2) is 6.03 Å². The normalized spacial score (nSPS) is 11.2. The number of amides is 2. The number of benzene rings is 2. The number of urea groups is 1. The number of nitriles is 1. The number of nitrogens with zero attached hydrogens (tertiary/aromatic N) is 1.